The Morgan fingerprint density at radius 3 is 3.04 bits per heavy atom. The number of methoxy groups -OCH3 is 1. The number of ether oxygens (including phenoxy) is 1. The van der Waals surface area contributed by atoms with E-state index in [0.717, 1.165) is 37.5 Å². The lowest BCUT2D eigenvalue weighted by Crippen LogP contribution is -2.31. The summed E-state index contributed by atoms with van der Waals surface area (Å²) in [6.45, 7) is 1.41. The Morgan fingerprint density at radius 2 is 2.19 bits per heavy atom. The van der Waals surface area contributed by atoms with E-state index in [1.54, 1.807) is 5.38 Å². The lowest BCUT2D eigenvalue weighted by Gasteiger charge is -2.08. The summed E-state index contributed by atoms with van der Waals surface area (Å²) in [6.07, 6.45) is 5.21. The van der Waals surface area contributed by atoms with E-state index < -0.39 is 0 Å². The summed E-state index contributed by atoms with van der Waals surface area (Å²) in [5, 5.41) is 16.1. The molecule has 0 fully saturated rings. The minimum atomic E-state index is -0.362. The molecule has 10 heteroatoms. The predicted molar refractivity (Wildman–Crippen MR) is 96.1 cm³/mol. The molecular formula is C16H22N6O3S. The first-order valence-electron chi connectivity index (χ1n) is 8.62. The minimum absolute atomic E-state index is 0.0916. The maximum absolute atomic E-state index is 12.0. The molecule has 0 saturated heterocycles. The van der Waals surface area contributed by atoms with E-state index in [1.165, 1.54) is 24.9 Å². The van der Waals surface area contributed by atoms with Gasteiger partial charge in [-0.2, -0.15) is 0 Å². The van der Waals surface area contributed by atoms with Crippen molar-refractivity contribution in [3.05, 3.63) is 22.7 Å². The standard InChI is InChI=1S/C16H22N6O3S/c1-25-14(23)9-11-10-26-16(18-11)19-15(24)17-7-6-13-21-20-12-5-3-2-4-8-22(12)13/h10H,2-9H2,1H3,(H2,17,18,19,24). The van der Waals surface area contributed by atoms with E-state index >= 15 is 0 Å². The van der Waals surface area contributed by atoms with Crippen molar-refractivity contribution in [3.8, 4) is 0 Å². The molecule has 140 valence electrons. The number of carbonyl (C=O) groups excluding carboxylic acids is 2. The molecular weight excluding hydrogens is 356 g/mol. The Bertz CT molecular complexity index is 772. The molecule has 26 heavy (non-hydrogen) atoms. The van der Waals surface area contributed by atoms with Crippen molar-refractivity contribution in [2.45, 2.75) is 45.1 Å². The zero-order valence-electron chi connectivity index (χ0n) is 14.7. The number of carbonyl (C=O) groups is 2. The van der Waals surface area contributed by atoms with Gasteiger partial charge in [0.2, 0.25) is 0 Å². The number of amides is 2. The van der Waals surface area contributed by atoms with Crippen LogP contribution in [0, 0.1) is 0 Å². The molecule has 1 aliphatic rings. The third-order valence-electron chi connectivity index (χ3n) is 4.15. The smallest absolute Gasteiger partial charge is 0.321 e. The highest BCUT2D eigenvalue weighted by atomic mass is 32.1. The zero-order chi connectivity index (χ0) is 18.4. The molecule has 2 amide bonds. The number of thiazole rings is 1. The summed E-state index contributed by atoms with van der Waals surface area (Å²) in [4.78, 5) is 27.4. The lowest BCUT2D eigenvalue weighted by molar-refractivity contribution is -0.139. The van der Waals surface area contributed by atoms with Gasteiger partial charge < -0.3 is 14.6 Å². The second-order valence-electron chi connectivity index (χ2n) is 6.02. The van der Waals surface area contributed by atoms with Gasteiger partial charge in [-0.15, -0.1) is 21.5 Å². The highest BCUT2D eigenvalue weighted by Gasteiger charge is 2.15. The van der Waals surface area contributed by atoms with Gasteiger partial charge in [0.05, 0.1) is 19.2 Å². The fourth-order valence-corrected chi connectivity index (χ4v) is 3.53. The summed E-state index contributed by atoms with van der Waals surface area (Å²) < 4.78 is 6.77. The largest absolute Gasteiger partial charge is 0.469 e. The number of rotatable bonds is 6. The van der Waals surface area contributed by atoms with Crippen LogP contribution >= 0.6 is 11.3 Å². The highest BCUT2D eigenvalue weighted by Crippen LogP contribution is 2.16. The molecule has 3 rings (SSSR count). The number of esters is 1. The number of aryl methyl sites for hydroxylation is 1. The monoisotopic (exact) mass is 378 g/mol. The van der Waals surface area contributed by atoms with E-state index in [1.807, 2.05) is 0 Å². The van der Waals surface area contributed by atoms with E-state index in [4.69, 9.17) is 0 Å². The Labute approximate surface area is 155 Å². The fourth-order valence-electron chi connectivity index (χ4n) is 2.82. The molecule has 0 saturated carbocycles. The molecule has 0 bridgehead atoms. The van der Waals surface area contributed by atoms with Gasteiger partial charge >= 0.3 is 12.0 Å². The molecule has 0 spiro atoms. The van der Waals surface area contributed by atoms with Crippen LogP contribution in [0.1, 0.15) is 36.6 Å². The van der Waals surface area contributed by atoms with Crippen LogP contribution < -0.4 is 10.6 Å². The average Bonchev–Trinajstić information content (AvgIpc) is 3.14. The number of hydrogen-bond acceptors (Lipinski definition) is 7. The van der Waals surface area contributed by atoms with E-state index in [9.17, 15) is 9.59 Å². The van der Waals surface area contributed by atoms with Crippen molar-refractivity contribution in [3.63, 3.8) is 0 Å². The van der Waals surface area contributed by atoms with E-state index in [2.05, 4.69) is 35.1 Å². The summed E-state index contributed by atoms with van der Waals surface area (Å²) >= 11 is 1.27. The Morgan fingerprint density at radius 1 is 1.31 bits per heavy atom. The van der Waals surface area contributed by atoms with Gasteiger partial charge in [-0.3, -0.25) is 10.1 Å². The maximum atomic E-state index is 12.0. The molecule has 2 N–H and O–H groups in total. The zero-order valence-corrected chi connectivity index (χ0v) is 15.5. The van der Waals surface area contributed by atoms with Gasteiger partial charge in [-0.25, -0.2) is 9.78 Å². The van der Waals surface area contributed by atoms with Gasteiger partial charge in [0.25, 0.3) is 0 Å². The van der Waals surface area contributed by atoms with Gasteiger partial charge in [0, 0.05) is 31.3 Å². The van der Waals surface area contributed by atoms with Crippen LogP contribution in [0.2, 0.25) is 0 Å². The molecule has 0 aromatic carbocycles. The molecule has 9 nitrogen and oxygen atoms in total. The number of urea groups is 1. The molecule has 1 aliphatic heterocycles. The first-order chi connectivity index (χ1) is 12.7. The minimum Gasteiger partial charge on any atom is -0.469 e. The highest BCUT2D eigenvalue weighted by molar-refractivity contribution is 7.13. The number of hydrogen-bond donors (Lipinski definition) is 2. The molecule has 2 aromatic heterocycles. The van der Waals surface area contributed by atoms with Crippen molar-refractivity contribution in [2.24, 2.45) is 0 Å². The first kappa shape index (κ1) is 18.3. The van der Waals surface area contributed by atoms with Crippen molar-refractivity contribution >= 4 is 28.5 Å². The summed E-state index contributed by atoms with van der Waals surface area (Å²) in [5.74, 6) is 1.60. The Balaban J connectivity index is 1.45. The third kappa shape index (κ3) is 4.78. The average molecular weight is 378 g/mol. The number of anilines is 1. The van der Waals surface area contributed by atoms with Gasteiger partial charge in [-0.05, 0) is 12.8 Å². The lowest BCUT2D eigenvalue weighted by atomic mass is 10.2. The second kappa shape index (κ2) is 8.75. The Hall–Kier alpha value is -2.49. The normalized spacial score (nSPS) is 13.6. The molecule has 0 radical (unpaired) electrons. The third-order valence-corrected chi connectivity index (χ3v) is 4.95. The quantitative estimate of drug-likeness (QED) is 0.738. The van der Waals surface area contributed by atoms with Crippen LogP contribution in [0.4, 0.5) is 9.93 Å². The Kier molecular flexibility index (Phi) is 6.16. The van der Waals surface area contributed by atoms with E-state index in [0.29, 0.717) is 23.8 Å². The molecule has 0 unspecified atom stereocenters. The van der Waals surface area contributed by atoms with Crippen molar-refractivity contribution in [1.82, 2.24) is 25.1 Å². The number of aromatic nitrogens is 4. The molecule has 0 aliphatic carbocycles. The van der Waals surface area contributed by atoms with Gasteiger partial charge in [0.15, 0.2) is 5.13 Å². The van der Waals surface area contributed by atoms with Crippen LogP contribution in [-0.4, -0.2) is 45.4 Å². The van der Waals surface area contributed by atoms with Crippen molar-refractivity contribution < 1.29 is 14.3 Å². The van der Waals surface area contributed by atoms with Crippen LogP contribution in [0.15, 0.2) is 5.38 Å². The fraction of sp³-hybridized carbons (Fsp3) is 0.562. The second-order valence-corrected chi connectivity index (χ2v) is 6.88. The van der Waals surface area contributed by atoms with Crippen molar-refractivity contribution in [2.75, 3.05) is 19.0 Å². The topological polar surface area (TPSA) is 111 Å². The summed E-state index contributed by atoms with van der Waals surface area (Å²) in [6, 6.07) is -0.334. The van der Waals surface area contributed by atoms with Crippen LogP contribution in [0.25, 0.3) is 0 Å². The molecule has 2 aromatic rings. The predicted octanol–water partition coefficient (Wildman–Crippen LogP) is 1.54. The van der Waals surface area contributed by atoms with Crippen molar-refractivity contribution in [1.29, 1.82) is 0 Å². The van der Waals surface area contributed by atoms with Crippen LogP contribution in [-0.2, 0) is 35.3 Å². The summed E-state index contributed by atoms with van der Waals surface area (Å²) in [7, 11) is 1.33. The molecule has 0 atom stereocenters. The first-order valence-corrected chi connectivity index (χ1v) is 9.50. The SMILES string of the molecule is COC(=O)Cc1csc(NC(=O)NCCc2nnc3n2CCCCC3)n1. The summed E-state index contributed by atoms with van der Waals surface area (Å²) in [5.41, 5.74) is 0.573. The van der Waals surface area contributed by atoms with Gasteiger partial charge in [0.1, 0.15) is 11.6 Å². The van der Waals surface area contributed by atoms with Crippen LogP contribution in [0.5, 0.6) is 0 Å². The molecule has 3 heterocycles. The van der Waals surface area contributed by atoms with Crippen LogP contribution in [0.3, 0.4) is 0 Å². The van der Waals surface area contributed by atoms with E-state index in [-0.39, 0.29) is 18.4 Å². The number of nitrogens with zero attached hydrogens (tertiary/aromatic N) is 4. The van der Waals surface area contributed by atoms with Gasteiger partial charge in [-0.1, -0.05) is 6.42 Å². The maximum Gasteiger partial charge on any atom is 0.321 e. The number of nitrogens with one attached hydrogen (secondary N) is 2. The number of fused-ring (bicyclic) bond motifs is 1.